The molecular weight excluding hydrogens is 224 g/mol. The Hall–Kier alpha value is 0.279. The summed E-state index contributed by atoms with van der Waals surface area (Å²) in [7, 11) is 0. The summed E-state index contributed by atoms with van der Waals surface area (Å²) >= 11 is 0. The van der Waals surface area contributed by atoms with E-state index >= 15 is 0 Å². The summed E-state index contributed by atoms with van der Waals surface area (Å²) in [5.41, 5.74) is 0. The third kappa shape index (κ3) is 4.90. The van der Waals surface area contributed by atoms with Crippen LogP contribution in [0.1, 0.15) is 0 Å². The number of rotatable bonds is 5. The Morgan fingerprint density at radius 1 is 1.00 bits per heavy atom. The quantitative estimate of drug-likeness (QED) is 0.223. The van der Waals surface area contributed by atoms with Crippen LogP contribution in [0.2, 0.25) is 0 Å². The van der Waals surface area contributed by atoms with E-state index in [0.717, 1.165) is 0 Å². The SMILES string of the molecule is O[CH-][C@H](O)[C@@H](O)[C@H](O)[C@H](O)CO.[Fe]. The van der Waals surface area contributed by atoms with Crippen molar-refractivity contribution < 1.29 is 47.7 Å². The van der Waals surface area contributed by atoms with Crippen molar-refractivity contribution in [1.82, 2.24) is 0 Å². The van der Waals surface area contributed by atoms with E-state index in [1.54, 1.807) is 0 Å². The van der Waals surface area contributed by atoms with Crippen LogP contribution in [0.15, 0.2) is 0 Å². The van der Waals surface area contributed by atoms with Gasteiger partial charge in [0.25, 0.3) is 0 Å². The Morgan fingerprint density at radius 3 is 1.77 bits per heavy atom. The molecule has 6 nitrogen and oxygen atoms in total. The Bertz CT molecular complexity index is 110. The fourth-order valence-electron chi connectivity index (χ4n) is 0.626. The van der Waals surface area contributed by atoms with Gasteiger partial charge in [-0.05, 0) is 6.10 Å². The molecule has 0 fully saturated rings. The molecule has 0 rings (SSSR count). The van der Waals surface area contributed by atoms with Gasteiger partial charge >= 0.3 is 0 Å². The van der Waals surface area contributed by atoms with Gasteiger partial charge in [-0.2, -0.15) is 6.61 Å². The van der Waals surface area contributed by atoms with Gasteiger partial charge in [0.2, 0.25) is 0 Å². The molecule has 4 atom stereocenters. The molecule has 0 bridgehead atoms. The minimum atomic E-state index is -1.72. The predicted octanol–water partition coefficient (Wildman–Crippen LogP) is -3.05. The maximum Gasteiger partial charge on any atom is 0.108 e. The average Bonchev–Trinajstić information content (AvgIpc) is 2.12. The van der Waals surface area contributed by atoms with Crippen molar-refractivity contribution in [2.45, 2.75) is 24.4 Å². The molecule has 0 heterocycles. The molecular formula is C6H13FeO6-. The molecule has 0 amide bonds. The average molecular weight is 237 g/mol. The van der Waals surface area contributed by atoms with E-state index in [9.17, 15) is 0 Å². The third-order valence-electron chi connectivity index (χ3n) is 1.43. The maximum absolute atomic E-state index is 8.94. The number of aliphatic hydroxyl groups is 6. The van der Waals surface area contributed by atoms with Crippen molar-refractivity contribution in [2.24, 2.45) is 0 Å². The van der Waals surface area contributed by atoms with E-state index in [2.05, 4.69) is 0 Å². The zero-order valence-electron chi connectivity index (χ0n) is 6.63. The molecule has 7 heteroatoms. The van der Waals surface area contributed by atoms with Gasteiger partial charge < -0.3 is 30.6 Å². The minimum absolute atomic E-state index is 0. The molecule has 0 aromatic heterocycles. The van der Waals surface area contributed by atoms with E-state index in [0.29, 0.717) is 0 Å². The van der Waals surface area contributed by atoms with Crippen LogP contribution in [-0.4, -0.2) is 61.7 Å². The third-order valence-corrected chi connectivity index (χ3v) is 1.43. The second-order valence-corrected chi connectivity index (χ2v) is 2.37. The van der Waals surface area contributed by atoms with Crippen molar-refractivity contribution in [3.05, 3.63) is 6.61 Å². The van der Waals surface area contributed by atoms with Crippen LogP contribution in [0, 0.1) is 6.61 Å². The van der Waals surface area contributed by atoms with Crippen LogP contribution < -0.4 is 0 Å². The molecule has 0 unspecified atom stereocenters. The molecule has 0 aromatic rings. The molecule has 0 aliphatic rings. The molecule has 82 valence electrons. The second-order valence-electron chi connectivity index (χ2n) is 2.37. The fraction of sp³-hybridized carbons (Fsp3) is 0.833. The first-order valence-electron chi connectivity index (χ1n) is 3.35. The minimum Gasteiger partial charge on any atom is -0.563 e. The van der Waals surface area contributed by atoms with Gasteiger partial charge in [-0.25, -0.2) is 0 Å². The molecule has 13 heavy (non-hydrogen) atoms. The smallest absolute Gasteiger partial charge is 0.108 e. The number of hydrogen-bond acceptors (Lipinski definition) is 6. The van der Waals surface area contributed by atoms with Crippen LogP contribution in [-0.2, 0) is 17.1 Å². The molecule has 0 radical (unpaired) electrons. The van der Waals surface area contributed by atoms with Crippen molar-refractivity contribution in [2.75, 3.05) is 6.61 Å². The first kappa shape index (κ1) is 15.7. The molecule has 0 aliphatic heterocycles. The summed E-state index contributed by atoms with van der Waals surface area (Å²) in [6, 6.07) is 0. The first-order valence-corrected chi connectivity index (χ1v) is 3.35. The van der Waals surface area contributed by atoms with Crippen molar-refractivity contribution in [1.29, 1.82) is 0 Å². The fourth-order valence-corrected chi connectivity index (χ4v) is 0.626. The summed E-state index contributed by atoms with van der Waals surface area (Å²) in [5, 5.41) is 51.9. The van der Waals surface area contributed by atoms with E-state index in [1.807, 2.05) is 0 Å². The zero-order valence-corrected chi connectivity index (χ0v) is 7.73. The van der Waals surface area contributed by atoms with Crippen LogP contribution in [0.25, 0.3) is 0 Å². The van der Waals surface area contributed by atoms with Crippen molar-refractivity contribution in [3.63, 3.8) is 0 Å². The van der Waals surface area contributed by atoms with E-state index in [-0.39, 0.29) is 23.7 Å². The van der Waals surface area contributed by atoms with Gasteiger partial charge in [-0.1, -0.05) is 0 Å². The molecule has 0 saturated heterocycles. The molecule has 0 aliphatic carbocycles. The Labute approximate surface area is 85.9 Å². The van der Waals surface area contributed by atoms with Crippen molar-refractivity contribution in [3.8, 4) is 0 Å². The summed E-state index contributed by atoms with van der Waals surface area (Å²) in [6.07, 6.45) is -6.62. The standard InChI is InChI=1S/C6H13O6.Fe/c7-1-3(9)5(11)6(12)4(10)2-8;/h1,3-12H,2H2;/q-1;/t3-,4+,5+,6+;/m0./s1. The largest absolute Gasteiger partial charge is 0.563 e. The summed E-state index contributed by atoms with van der Waals surface area (Å²) in [4.78, 5) is 0. The van der Waals surface area contributed by atoms with Crippen LogP contribution in [0.4, 0.5) is 0 Å². The second kappa shape index (κ2) is 7.66. The van der Waals surface area contributed by atoms with E-state index < -0.39 is 31.0 Å². The van der Waals surface area contributed by atoms with Gasteiger partial charge in [0.05, 0.1) is 12.7 Å². The molecule has 0 spiro atoms. The number of aliphatic hydroxyl groups excluding tert-OH is 6. The summed E-state index contributed by atoms with van der Waals surface area (Å²) < 4.78 is 0. The molecule has 0 saturated carbocycles. The molecule has 6 N–H and O–H groups in total. The Kier molecular flexibility index (Phi) is 9.28. The number of hydrogen-bond donors (Lipinski definition) is 6. The van der Waals surface area contributed by atoms with Gasteiger partial charge in [-0.3, -0.25) is 0 Å². The van der Waals surface area contributed by atoms with E-state index in [1.165, 1.54) is 0 Å². The van der Waals surface area contributed by atoms with Crippen LogP contribution in [0.3, 0.4) is 0 Å². The predicted molar refractivity (Wildman–Crippen MR) is 37.3 cm³/mol. The van der Waals surface area contributed by atoms with Gasteiger partial charge in [0.1, 0.15) is 12.2 Å². The Balaban J connectivity index is 0. The monoisotopic (exact) mass is 237 g/mol. The van der Waals surface area contributed by atoms with Crippen LogP contribution in [0.5, 0.6) is 0 Å². The Morgan fingerprint density at radius 2 is 1.46 bits per heavy atom. The molecule has 0 aromatic carbocycles. The zero-order chi connectivity index (χ0) is 9.72. The van der Waals surface area contributed by atoms with Crippen LogP contribution >= 0.6 is 0 Å². The normalized spacial score (nSPS) is 19.8. The summed E-state index contributed by atoms with van der Waals surface area (Å²) in [5.74, 6) is 0. The van der Waals surface area contributed by atoms with Crippen molar-refractivity contribution >= 4 is 0 Å². The first-order chi connectivity index (χ1) is 5.54. The topological polar surface area (TPSA) is 121 Å². The maximum atomic E-state index is 8.94. The van der Waals surface area contributed by atoms with Gasteiger partial charge in [0, 0.05) is 17.1 Å². The van der Waals surface area contributed by atoms with Gasteiger partial charge in [-0.15, -0.1) is 0 Å². The summed E-state index contributed by atoms with van der Waals surface area (Å²) in [6.45, 7) is -0.464. The van der Waals surface area contributed by atoms with E-state index in [4.69, 9.17) is 30.6 Å². The van der Waals surface area contributed by atoms with Gasteiger partial charge in [0.15, 0.2) is 0 Å².